The molecule has 4 aromatic rings. The van der Waals surface area contributed by atoms with Gasteiger partial charge in [-0.25, -0.2) is 12.8 Å². The van der Waals surface area contributed by atoms with Crippen LogP contribution in [0.4, 0.5) is 10.1 Å². The summed E-state index contributed by atoms with van der Waals surface area (Å²) in [5.41, 5.74) is 2.37. The van der Waals surface area contributed by atoms with E-state index in [1.54, 1.807) is 54.7 Å². The van der Waals surface area contributed by atoms with Crippen molar-refractivity contribution in [1.29, 1.82) is 0 Å². The van der Waals surface area contributed by atoms with E-state index in [2.05, 4.69) is 14.6 Å². The van der Waals surface area contributed by atoms with Gasteiger partial charge in [-0.3, -0.25) is 19.4 Å². The second-order valence-electron chi connectivity index (χ2n) is 9.93. The quantitative estimate of drug-likeness (QED) is 0.392. The van der Waals surface area contributed by atoms with Crippen molar-refractivity contribution in [2.75, 3.05) is 17.8 Å². The number of nitrogens with zero attached hydrogens (tertiary/aromatic N) is 3. The molecule has 194 valence electrons. The minimum absolute atomic E-state index is 0.0356. The van der Waals surface area contributed by atoms with E-state index in [1.807, 2.05) is 17.0 Å². The molecule has 2 atom stereocenters. The van der Waals surface area contributed by atoms with Crippen LogP contribution in [0.3, 0.4) is 0 Å². The van der Waals surface area contributed by atoms with Gasteiger partial charge < -0.3 is 4.90 Å². The van der Waals surface area contributed by atoms with Crippen LogP contribution in [-0.2, 0) is 16.6 Å². The fourth-order valence-corrected chi connectivity index (χ4v) is 6.87. The Kier molecular flexibility index (Phi) is 6.33. The fourth-order valence-electron chi connectivity index (χ4n) is 5.63. The van der Waals surface area contributed by atoms with Crippen LogP contribution in [0.15, 0.2) is 90.0 Å². The Morgan fingerprint density at radius 3 is 2.32 bits per heavy atom. The largest absolute Gasteiger partial charge is 0.330 e. The lowest BCUT2D eigenvalue weighted by Gasteiger charge is -2.41. The molecule has 1 aromatic heterocycles. The van der Waals surface area contributed by atoms with Crippen LogP contribution in [0.25, 0.3) is 10.9 Å². The highest BCUT2D eigenvalue weighted by atomic mass is 32.2. The SMILES string of the molecule is O=C(c1ccc(NS(=O)(=O)c2cccc3cccnc23)cc1)N1C2CCC1CN(Cc1ccc(F)cc1)C2. The molecule has 6 rings (SSSR count). The number of nitrogens with one attached hydrogen (secondary N) is 1. The molecule has 0 radical (unpaired) electrons. The highest BCUT2D eigenvalue weighted by molar-refractivity contribution is 7.93. The number of benzene rings is 3. The third-order valence-corrected chi connectivity index (χ3v) is 8.79. The van der Waals surface area contributed by atoms with E-state index >= 15 is 0 Å². The van der Waals surface area contributed by atoms with Crippen LogP contribution in [0.2, 0.25) is 0 Å². The number of fused-ring (bicyclic) bond motifs is 3. The lowest BCUT2D eigenvalue weighted by atomic mass is 10.1. The standard InChI is InChI=1S/C29H27FN4O3S/c30-23-10-6-20(7-11-23)17-33-18-25-14-15-26(19-33)34(25)29(35)22-8-12-24(13-9-22)32-38(36,37)27-5-1-3-21-4-2-16-31-28(21)27/h1-13,16,25-26,32H,14-15,17-19H2. The third kappa shape index (κ3) is 4.75. The molecule has 0 saturated carbocycles. The third-order valence-electron chi connectivity index (χ3n) is 7.38. The molecule has 3 heterocycles. The smallest absolute Gasteiger partial charge is 0.264 e. The first kappa shape index (κ1) is 24.5. The summed E-state index contributed by atoms with van der Waals surface area (Å²) in [5, 5.41) is 0.740. The van der Waals surface area contributed by atoms with Crippen molar-refractivity contribution in [1.82, 2.24) is 14.8 Å². The monoisotopic (exact) mass is 530 g/mol. The van der Waals surface area contributed by atoms with E-state index < -0.39 is 10.0 Å². The number of pyridine rings is 1. The van der Waals surface area contributed by atoms with E-state index in [1.165, 1.54) is 18.2 Å². The lowest BCUT2D eigenvalue weighted by Crippen LogP contribution is -2.55. The van der Waals surface area contributed by atoms with Gasteiger partial charge in [-0.1, -0.05) is 30.3 Å². The molecule has 1 amide bonds. The van der Waals surface area contributed by atoms with Crippen molar-refractivity contribution in [3.05, 3.63) is 102 Å². The maximum absolute atomic E-state index is 13.4. The Labute approximate surface area is 221 Å². The molecule has 2 bridgehead atoms. The first-order valence-corrected chi connectivity index (χ1v) is 14.1. The number of carbonyl (C=O) groups excluding carboxylic acids is 1. The zero-order valence-electron chi connectivity index (χ0n) is 20.6. The maximum atomic E-state index is 13.4. The number of carbonyl (C=O) groups is 1. The average Bonchev–Trinajstić information content (AvgIpc) is 3.19. The molecule has 2 unspecified atom stereocenters. The normalized spacial score (nSPS) is 19.6. The van der Waals surface area contributed by atoms with Gasteiger partial charge in [0.25, 0.3) is 15.9 Å². The Morgan fingerprint density at radius 1 is 0.921 bits per heavy atom. The van der Waals surface area contributed by atoms with Crippen molar-refractivity contribution in [3.8, 4) is 0 Å². The number of hydrogen-bond acceptors (Lipinski definition) is 5. The number of amides is 1. The minimum Gasteiger partial charge on any atom is -0.330 e. The van der Waals surface area contributed by atoms with E-state index in [-0.39, 0.29) is 28.7 Å². The summed E-state index contributed by atoms with van der Waals surface area (Å²) in [5.74, 6) is -0.278. The Morgan fingerprint density at radius 2 is 1.61 bits per heavy atom. The van der Waals surface area contributed by atoms with Gasteiger partial charge >= 0.3 is 0 Å². The van der Waals surface area contributed by atoms with Gasteiger partial charge in [0.05, 0.1) is 5.52 Å². The second kappa shape index (κ2) is 9.81. The summed E-state index contributed by atoms with van der Waals surface area (Å²) in [6.45, 7) is 2.28. The predicted molar refractivity (Wildman–Crippen MR) is 144 cm³/mol. The van der Waals surface area contributed by atoms with Gasteiger partial charge in [0.15, 0.2) is 0 Å². The summed E-state index contributed by atoms with van der Waals surface area (Å²) in [4.78, 5) is 22.1. The number of halogens is 1. The lowest BCUT2D eigenvalue weighted by molar-refractivity contribution is 0.0405. The highest BCUT2D eigenvalue weighted by Gasteiger charge is 2.42. The Balaban J connectivity index is 1.14. The molecule has 1 N–H and O–H groups in total. The molecule has 2 fully saturated rings. The molecule has 2 aliphatic rings. The molecule has 9 heteroatoms. The van der Waals surface area contributed by atoms with Crippen LogP contribution in [-0.4, -0.2) is 54.3 Å². The number of hydrogen-bond donors (Lipinski definition) is 1. The van der Waals surface area contributed by atoms with Crippen molar-refractivity contribution in [3.63, 3.8) is 0 Å². The molecule has 0 spiro atoms. The zero-order chi connectivity index (χ0) is 26.3. The van der Waals surface area contributed by atoms with Gasteiger partial charge in [-0.2, -0.15) is 0 Å². The van der Waals surface area contributed by atoms with Crippen LogP contribution in [0.5, 0.6) is 0 Å². The zero-order valence-corrected chi connectivity index (χ0v) is 21.4. The number of anilines is 1. The van der Waals surface area contributed by atoms with Crippen LogP contribution >= 0.6 is 0 Å². The summed E-state index contributed by atoms with van der Waals surface area (Å²) in [6, 6.07) is 22.0. The topological polar surface area (TPSA) is 82.6 Å². The summed E-state index contributed by atoms with van der Waals surface area (Å²) in [7, 11) is -3.87. The Hall–Kier alpha value is -3.82. The molecular weight excluding hydrogens is 503 g/mol. The minimum atomic E-state index is -3.87. The molecule has 3 aromatic carbocycles. The molecule has 0 aliphatic carbocycles. The summed E-state index contributed by atoms with van der Waals surface area (Å²) < 4.78 is 42.1. The number of para-hydroxylation sites is 1. The Bertz CT molecular complexity index is 1570. The van der Waals surface area contributed by atoms with Crippen molar-refractivity contribution < 1.29 is 17.6 Å². The van der Waals surface area contributed by atoms with E-state index in [9.17, 15) is 17.6 Å². The van der Waals surface area contributed by atoms with Gasteiger partial charge in [0, 0.05) is 54.6 Å². The second-order valence-corrected chi connectivity index (χ2v) is 11.6. The van der Waals surface area contributed by atoms with E-state index in [0.717, 1.165) is 43.4 Å². The van der Waals surface area contributed by atoms with Crippen LogP contribution in [0, 0.1) is 5.82 Å². The van der Waals surface area contributed by atoms with Crippen molar-refractivity contribution in [2.24, 2.45) is 0 Å². The molecule has 7 nitrogen and oxygen atoms in total. The molecule has 38 heavy (non-hydrogen) atoms. The number of sulfonamides is 1. The maximum Gasteiger partial charge on any atom is 0.264 e. The van der Waals surface area contributed by atoms with Crippen molar-refractivity contribution in [2.45, 2.75) is 36.4 Å². The van der Waals surface area contributed by atoms with Gasteiger partial charge in [0.1, 0.15) is 10.7 Å². The number of likely N-dealkylation sites (tertiary alicyclic amines) is 1. The number of piperazine rings is 1. The predicted octanol–water partition coefficient (Wildman–Crippen LogP) is 4.66. The summed E-state index contributed by atoms with van der Waals surface area (Å²) >= 11 is 0. The average molecular weight is 531 g/mol. The van der Waals surface area contributed by atoms with E-state index in [0.29, 0.717) is 16.8 Å². The molecule has 2 aliphatic heterocycles. The first-order valence-electron chi connectivity index (χ1n) is 12.6. The number of rotatable bonds is 6. The van der Waals surface area contributed by atoms with Crippen LogP contribution < -0.4 is 4.72 Å². The van der Waals surface area contributed by atoms with Gasteiger partial charge in [-0.15, -0.1) is 0 Å². The van der Waals surface area contributed by atoms with E-state index in [4.69, 9.17) is 0 Å². The van der Waals surface area contributed by atoms with Crippen molar-refractivity contribution >= 4 is 32.5 Å². The molecule has 2 saturated heterocycles. The van der Waals surface area contributed by atoms with Gasteiger partial charge in [0.2, 0.25) is 0 Å². The van der Waals surface area contributed by atoms with Crippen LogP contribution in [0.1, 0.15) is 28.8 Å². The fraction of sp³-hybridized carbons (Fsp3) is 0.241. The number of aromatic nitrogens is 1. The molecular formula is C29H27FN4O3S. The first-order chi connectivity index (χ1) is 18.4. The van der Waals surface area contributed by atoms with Gasteiger partial charge in [-0.05, 0) is 66.9 Å². The highest BCUT2D eigenvalue weighted by Crippen LogP contribution is 2.33. The summed E-state index contributed by atoms with van der Waals surface area (Å²) in [6.07, 6.45) is 3.47.